The highest BCUT2D eigenvalue weighted by Crippen LogP contribution is 2.41. The Hall–Kier alpha value is -1.30. The zero-order valence-corrected chi connectivity index (χ0v) is 33.6. The van der Waals surface area contributed by atoms with Crippen molar-refractivity contribution >= 4 is 11.8 Å². The molecule has 0 aromatic carbocycles. The third-order valence-corrected chi connectivity index (χ3v) is 12.2. The van der Waals surface area contributed by atoms with Gasteiger partial charge in [0.2, 0.25) is 0 Å². The molecule has 3 aliphatic rings. The number of methoxy groups -OCH3 is 1. The Morgan fingerprint density at radius 3 is 2.04 bits per heavy atom. The number of aliphatic hydroxyl groups is 5. The van der Waals surface area contributed by atoms with Gasteiger partial charge in [0.1, 0.15) is 29.7 Å². The second-order valence-corrected chi connectivity index (χ2v) is 16.6. The number of ketones is 1. The van der Waals surface area contributed by atoms with Gasteiger partial charge in [-0.05, 0) is 74.4 Å². The Morgan fingerprint density at radius 2 is 1.50 bits per heavy atom. The molecule has 3 aliphatic heterocycles. The number of likely N-dealkylation sites (N-methyl/N-ethyl adjacent to an activating group) is 1. The average molecular weight is 748 g/mol. The summed E-state index contributed by atoms with van der Waals surface area (Å²) in [5.74, 6) is -4.95. The molecule has 18 unspecified atom stereocenters. The van der Waals surface area contributed by atoms with Crippen molar-refractivity contribution in [3.8, 4) is 0 Å². The summed E-state index contributed by atoms with van der Waals surface area (Å²) in [7, 11) is 5.18. The molecule has 0 spiro atoms. The summed E-state index contributed by atoms with van der Waals surface area (Å²) in [5, 5.41) is 58.2. The van der Waals surface area contributed by atoms with E-state index in [1.54, 1.807) is 48.5 Å². The quantitative estimate of drug-likeness (QED) is 0.227. The third-order valence-electron chi connectivity index (χ3n) is 12.2. The lowest BCUT2D eigenvalue weighted by Gasteiger charge is -2.49. The lowest BCUT2D eigenvalue weighted by molar-refractivity contribution is -0.318. The van der Waals surface area contributed by atoms with Crippen LogP contribution in [0.15, 0.2) is 0 Å². The van der Waals surface area contributed by atoms with Crippen LogP contribution < -0.4 is 0 Å². The molecule has 3 fully saturated rings. The minimum absolute atomic E-state index is 0.00783. The molecule has 52 heavy (non-hydrogen) atoms. The van der Waals surface area contributed by atoms with Crippen LogP contribution in [0.1, 0.15) is 101 Å². The Morgan fingerprint density at radius 1 is 0.885 bits per heavy atom. The summed E-state index contributed by atoms with van der Waals surface area (Å²) < 4.78 is 37.2. The van der Waals surface area contributed by atoms with Crippen LogP contribution >= 0.6 is 0 Å². The summed E-state index contributed by atoms with van der Waals surface area (Å²) in [6, 6.07) is -0.324. The number of carbonyl (C=O) groups is 2. The van der Waals surface area contributed by atoms with E-state index in [2.05, 4.69) is 0 Å². The molecule has 3 saturated heterocycles. The van der Waals surface area contributed by atoms with E-state index >= 15 is 0 Å². The van der Waals surface area contributed by atoms with Crippen molar-refractivity contribution in [2.24, 2.45) is 23.7 Å². The molecule has 304 valence electrons. The maximum Gasteiger partial charge on any atom is 0.311 e. The average Bonchev–Trinajstić information content (AvgIpc) is 3.08. The van der Waals surface area contributed by atoms with Crippen LogP contribution in [-0.2, 0) is 38.0 Å². The Balaban J connectivity index is 2.20. The fourth-order valence-corrected chi connectivity index (χ4v) is 8.70. The van der Waals surface area contributed by atoms with Gasteiger partial charge in [-0.1, -0.05) is 34.6 Å². The number of esters is 1. The maximum atomic E-state index is 14.2. The van der Waals surface area contributed by atoms with Gasteiger partial charge in [0.15, 0.2) is 12.6 Å². The lowest BCUT2D eigenvalue weighted by atomic mass is 9.73. The van der Waals surface area contributed by atoms with Crippen molar-refractivity contribution in [1.82, 2.24) is 4.90 Å². The number of nitrogens with zero attached hydrogens (tertiary/aromatic N) is 1. The number of cyclic esters (lactones) is 1. The number of aliphatic hydroxyl groups excluding tert-OH is 3. The van der Waals surface area contributed by atoms with E-state index in [-0.39, 0.29) is 37.8 Å². The van der Waals surface area contributed by atoms with Crippen LogP contribution in [0, 0.1) is 23.7 Å². The summed E-state index contributed by atoms with van der Waals surface area (Å²) >= 11 is 0. The van der Waals surface area contributed by atoms with Gasteiger partial charge in [-0.2, -0.15) is 0 Å². The van der Waals surface area contributed by atoms with Gasteiger partial charge >= 0.3 is 5.97 Å². The first-order valence-electron chi connectivity index (χ1n) is 19.1. The minimum atomic E-state index is -1.95. The molecule has 0 aliphatic carbocycles. The number of hydrogen-bond donors (Lipinski definition) is 5. The maximum absolute atomic E-state index is 14.2. The van der Waals surface area contributed by atoms with Gasteiger partial charge in [-0.15, -0.1) is 0 Å². The number of Topliss-reactive ketones (excluding diaryl/α,β-unsaturated/α-hetero) is 1. The van der Waals surface area contributed by atoms with Crippen LogP contribution in [0.5, 0.6) is 0 Å². The second-order valence-electron chi connectivity index (χ2n) is 16.6. The highest BCUT2D eigenvalue weighted by Gasteiger charge is 2.54. The first kappa shape index (κ1) is 45.1. The van der Waals surface area contributed by atoms with E-state index in [4.69, 9.17) is 28.4 Å². The monoisotopic (exact) mass is 747 g/mol. The van der Waals surface area contributed by atoms with Crippen LogP contribution in [0.4, 0.5) is 0 Å². The van der Waals surface area contributed by atoms with E-state index in [0.29, 0.717) is 6.42 Å². The molecule has 0 saturated carbocycles. The SMILES string of the molecule is CCC1OC(=O)C(C)C(OC2CC(C)(OC)C(O)C(C)O2)C(C)C(OC2OC(C)CC(N(C)C)C2O)C(C)(O)CC(C)C(=O)C(C)C(O)C1(O)CC. The van der Waals surface area contributed by atoms with E-state index in [0.717, 1.165) is 0 Å². The molecular weight excluding hydrogens is 678 g/mol. The van der Waals surface area contributed by atoms with Gasteiger partial charge in [0.05, 0.1) is 47.6 Å². The van der Waals surface area contributed by atoms with Crippen molar-refractivity contribution in [2.75, 3.05) is 21.2 Å². The van der Waals surface area contributed by atoms with Crippen molar-refractivity contribution in [3.05, 3.63) is 0 Å². The van der Waals surface area contributed by atoms with Crippen molar-refractivity contribution in [1.29, 1.82) is 0 Å². The summed E-state index contributed by atoms with van der Waals surface area (Å²) in [4.78, 5) is 30.0. The Bertz CT molecular complexity index is 1190. The van der Waals surface area contributed by atoms with Gasteiger partial charge in [-0.3, -0.25) is 9.59 Å². The molecule has 14 heteroatoms. The second kappa shape index (κ2) is 17.7. The molecule has 0 radical (unpaired) electrons. The molecule has 3 rings (SSSR count). The predicted molar refractivity (Wildman–Crippen MR) is 191 cm³/mol. The van der Waals surface area contributed by atoms with E-state index < -0.39 is 108 Å². The Labute approximate surface area is 310 Å². The normalized spacial score (nSPS) is 49.0. The predicted octanol–water partition coefficient (Wildman–Crippen LogP) is 2.18. The van der Waals surface area contributed by atoms with Gasteiger partial charge in [-0.25, -0.2) is 0 Å². The van der Waals surface area contributed by atoms with E-state index in [9.17, 15) is 35.1 Å². The third kappa shape index (κ3) is 9.38. The van der Waals surface area contributed by atoms with Crippen LogP contribution in [0.2, 0.25) is 0 Å². The number of hydrogen-bond acceptors (Lipinski definition) is 14. The molecule has 14 nitrogen and oxygen atoms in total. The lowest BCUT2D eigenvalue weighted by Crippen LogP contribution is -2.61. The van der Waals surface area contributed by atoms with Crippen molar-refractivity contribution in [3.63, 3.8) is 0 Å². The number of rotatable bonds is 8. The molecule has 0 bridgehead atoms. The largest absolute Gasteiger partial charge is 0.459 e. The molecule has 0 aromatic rings. The molecule has 3 heterocycles. The highest BCUT2D eigenvalue weighted by atomic mass is 16.7. The fourth-order valence-electron chi connectivity index (χ4n) is 8.70. The Kier molecular flexibility index (Phi) is 15.3. The number of carbonyl (C=O) groups excluding carboxylic acids is 2. The fraction of sp³-hybridized carbons (Fsp3) is 0.947. The van der Waals surface area contributed by atoms with E-state index in [1.807, 2.05) is 25.9 Å². The summed E-state index contributed by atoms with van der Waals surface area (Å²) in [5.41, 5.74) is -4.80. The molecular formula is C38H69NO13. The highest BCUT2D eigenvalue weighted by molar-refractivity contribution is 5.83. The molecule has 18 atom stereocenters. The first-order valence-corrected chi connectivity index (χ1v) is 19.1. The molecule has 5 N–H and O–H groups in total. The zero-order chi connectivity index (χ0) is 39.7. The molecule has 0 amide bonds. The smallest absolute Gasteiger partial charge is 0.311 e. The van der Waals surface area contributed by atoms with Gasteiger partial charge in [0, 0.05) is 37.3 Å². The summed E-state index contributed by atoms with van der Waals surface area (Å²) in [6.07, 6.45) is -9.68. The number of ether oxygens (including phenoxy) is 6. The topological polar surface area (TPSA) is 194 Å². The van der Waals surface area contributed by atoms with Crippen LogP contribution in [0.25, 0.3) is 0 Å². The first-order chi connectivity index (χ1) is 24.0. The summed E-state index contributed by atoms with van der Waals surface area (Å²) in [6.45, 7) is 16.7. The van der Waals surface area contributed by atoms with E-state index in [1.165, 1.54) is 21.0 Å². The zero-order valence-electron chi connectivity index (χ0n) is 33.6. The minimum Gasteiger partial charge on any atom is -0.459 e. The van der Waals surface area contributed by atoms with Crippen LogP contribution in [-0.4, -0.2) is 148 Å². The van der Waals surface area contributed by atoms with Crippen molar-refractivity contribution < 1.29 is 63.5 Å². The molecule has 0 aromatic heterocycles. The van der Waals surface area contributed by atoms with Gasteiger partial charge < -0.3 is 58.9 Å². The van der Waals surface area contributed by atoms with Crippen molar-refractivity contribution in [2.45, 2.75) is 186 Å². The van der Waals surface area contributed by atoms with Crippen LogP contribution in [0.3, 0.4) is 0 Å². The standard InChI is InChI=1S/C38H69NO13/c1-14-26-38(46,15-2)31(42)21(5)28(40)19(3)17-36(9,45)33(52-35-29(41)25(39(11)12)16-20(4)48-35)22(6)30(23(7)34(44)50-26)51-27-18-37(10,47-13)32(43)24(8)49-27/h19-27,29-33,35,41-43,45-46H,14-18H2,1-13H3. The van der Waals surface area contributed by atoms with Gasteiger partial charge in [0.25, 0.3) is 0 Å².